The predicted molar refractivity (Wildman–Crippen MR) is 72.5 cm³/mol. The van der Waals surface area contributed by atoms with Gasteiger partial charge in [-0.2, -0.15) is 0 Å². The van der Waals surface area contributed by atoms with Crippen LogP contribution in [-0.4, -0.2) is 56.5 Å². The van der Waals surface area contributed by atoms with E-state index in [-0.39, 0.29) is 11.0 Å². The van der Waals surface area contributed by atoms with Crippen LogP contribution in [0.5, 0.6) is 0 Å². The molecule has 1 saturated heterocycles. The molecule has 1 aliphatic heterocycles. The van der Waals surface area contributed by atoms with Gasteiger partial charge in [-0.3, -0.25) is 4.90 Å². The molecule has 1 heterocycles. The van der Waals surface area contributed by atoms with Crippen LogP contribution >= 0.6 is 0 Å². The molecule has 1 saturated carbocycles. The summed E-state index contributed by atoms with van der Waals surface area (Å²) in [6.07, 6.45) is 1.46. The molecule has 0 aromatic heterocycles. The number of fused-ring (bicyclic) bond motifs is 1. The molecule has 18 heavy (non-hydrogen) atoms. The fourth-order valence-electron chi connectivity index (χ4n) is 3.73. The first-order valence-corrected chi connectivity index (χ1v) is 6.94. The zero-order chi connectivity index (χ0) is 13.6. The zero-order valence-electron chi connectivity index (χ0n) is 12.4. The number of ether oxygens (including phenoxy) is 2. The van der Waals surface area contributed by atoms with Crippen molar-refractivity contribution < 1.29 is 9.47 Å². The van der Waals surface area contributed by atoms with Crippen molar-refractivity contribution in [2.75, 3.05) is 33.9 Å². The molecule has 106 valence electrons. The summed E-state index contributed by atoms with van der Waals surface area (Å²) >= 11 is 0. The molecule has 0 aromatic rings. The fourth-order valence-corrected chi connectivity index (χ4v) is 3.73. The minimum absolute atomic E-state index is 0.0647. The molecule has 2 rings (SSSR count). The molecule has 0 bridgehead atoms. The largest absolute Gasteiger partial charge is 0.383 e. The second-order valence-corrected chi connectivity index (χ2v) is 6.67. The van der Waals surface area contributed by atoms with Gasteiger partial charge in [0.1, 0.15) is 0 Å². The lowest BCUT2D eigenvalue weighted by molar-refractivity contribution is -0.164. The van der Waals surface area contributed by atoms with Gasteiger partial charge in [0.25, 0.3) is 0 Å². The van der Waals surface area contributed by atoms with Crippen LogP contribution in [0.25, 0.3) is 0 Å². The van der Waals surface area contributed by atoms with E-state index >= 15 is 0 Å². The van der Waals surface area contributed by atoms with Crippen LogP contribution in [0.15, 0.2) is 0 Å². The van der Waals surface area contributed by atoms with Gasteiger partial charge in [0.2, 0.25) is 0 Å². The van der Waals surface area contributed by atoms with E-state index in [1.807, 2.05) is 0 Å². The molecule has 2 aliphatic rings. The summed E-state index contributed by atoms with van der Waals surface area (Å²) in [5.41, 5.74) is 6.67. The highest BCUT2D eigenvalue weighted by molar-refractivity contribution is 5.21. The third kappa shape index (κ3) is 1.90. The summed E-state index contributed by atoms with van der Waals surface area (Å²) in [5.74, 6) is 0.518. The Bertz CT molecular complexity index is 308. The quantitative estimate of drug-likeness (QED) is 0.800. The highest BCUT2D eigenvalue weighted by atomic mass is 16.5. The number of methoxy groups -OCH3 is 1. The molecule has 0 radical (unpaired) electrons. The SMILES string of the molecule is COCC(C)N(C)CC1(N)C2CCOC2C1(C)C. The van der Waals surface area contributed by atoms with Crippen molar-refractivity contribution in [3.63, 3.8) is 0 Å². The minimum atomic E-state index is -0.134. The second kappa shape index (κ2) is 4.75. The molecular formula is C14H28N2O2. The second-order valence-electron chi connectivity index (χ2n) is 6.67. The van der Waals surface area contributed by atoms with Crippen LogP contribution in [0.1, 0.15) is 27.2 Å². The summed E-state index contributed by atoms with van der Waals surface area (Å²) in [6, 6.07) is 0.396. The van der Waals surface area contributed by atoms with Crippen molar-refractivity contribution in [1.29, 1.82) is 0 Å². The maximum Gasteiger partial charge on any atom is 0.0691 e. The molecule has 4 heteroatoms. The first kappa shape index (κ1) is 14.3. The molecule has 2 fully saturated rings. The monoisotopic (exact) mass is 256 g/mol. The number of nitrogens with two attached hydrogens (primary N) is 1. The van der Waals surface area contributed by atoms with Gasteiger partial charge in [-0.1, -0.05) is 13.8 Å². The van der Waals surface area contributed by atoms with Gasteiger partial charge in [0.05, 0.1) is 12.7 Å². The lowest BCUT2D eigenvalue weighted by Crippen LogP contribution is -2.78. The van der Waals surface area contributed by atoms with E-state index in [1.165, 1.54) is 0 Å². The Kier molecular flexibility index (Phi) is 3.76. The van der Waals surface area contributed by atoms with Crippen molar-refractivity contribution in [3.05, 3.63) is 0 Å². The molecule has 1 aliphatic carbocycles. The van der Waals surface area contributed by atoms with Gasteiger partial charge >= 0.3 is 0 Å². The molecular weight excluding hydrogens is 228 g/mol. The van der Waals surface area contributed by atoms with E-state index in [2.05, 4.69) is 32.7 Å². The normalized spacial score (nSPS) is 39.5. The van der Waals surface area contributed by atoms with Gasteiger partial charge in [-0.05, 0) is 20.4 Å². The van der Waals surface area contributed by atoms with E-state index in [4.69, 9.17) is 15.2 Å². The van der Waals surface area contributed by atoms with Gasteiger partial charge in [-0.15, -0.1) is 0 Å². The van der Waals surface area contributed by atoms with E-state index in [0.717, 1.165) is 26.2 Å². The zero-order valence-corrected chi connectivity index (χ0v) is 12.4. The van der Waals surface area contributed by atoms with Gasteiger partial charge in [0.15, 0.2) is 0 Å². The summed E-state index contributed by atoms with van der Waals surface area (Å²) < 4.78 is 11.1. The van der Waals surface area contributed by atoms with Gasteiger partial charge < -0.3 is 15.2 Å². The third-order valence-corrected chi connectivity index (χ3v) is 5.34. The highest BCUT2D eigenvalue weighted by Crippen LogP contribution is 2.58. The fraction of sp³-hybridized carbons (Fsp3) is 1.00. The van der Waals surface area contributed by atoms with Crippen molar-refractivity contribution in [1.82, 2.24) is 4.90 Å². The maximum absolute atomic E-state index is 6.74. The van der Waals surface area contributed by atoms with Gasteiger partial charge in [-0.25, -0.2) is 0 Å². The first-order valence-electron chi connectivity index (χ1n) is 6.94. The average molecular weight is 256 g/mol. The van der Waals surface area contributed by atoms with Gasteiger partial charge in [0, 0.05) is 43.2 Å². The van der Waals surface area contributed by atoms with Crippen LogP contribution in [0.2, 0.25) is 0 Å². The number of hydrogen-bond donors (Lipinski definition) is 1. The van der Waals surface area contributed by atoms with Crippen molar-refractivity contribution in [3.8, 4) is 0 Å². The lowest BCUT2D eigenvalue weighted by Gasteiger charge is -2.63. The van der Waals surface area contributed by atoms with Crippen molar-refractivity contribution >= 4 is 0 Å². The van der Waals surface area contributed by atoms with E-state index < -0.39 is 0 Å². The number of likely N-dealkylation sites (N-methyl/N-ethyl adjacent to an activating group) is 1. The first-order chi connectivity index (χ1) is 8.34. The Morgan fingerprint density at radius 3 is 2.78 bits per heavy atom. The summed E-state index contributed by atoms with van der Waals surface area (Å²) in [5, 5.41) is 0. The summed E-state index contributed by atoms with van der Waals surface area (Å²) in [7, 11) is 3.88. The minimum Gasteiger partial charge on any atom is -0.383 e. The van der Waals surface area contributed by atoms with Crippen molar-refractivity contribution in [2.24, 2.45) is 17.1 Å². The van der Waals surface area contributed by atoms with Crippen LogP contribution in [0.4, 0.5) is 0 Å². The van der Waals surface area contributed by atoms with Crippen LogP contribution in [-0.2, 0) is 9.47 Å². The topological polar surface area (TPSA) is 47.7 Å². The number of hydrogen-bond acceptors (Lipinski definition) is 4. The Morgan fingerprint density at radius 2 is 2.17 bits per heavy atom. The predicted octanol–water partition coefficient (Wildman–Crippen LogP) is 1.10. The standard InChI is InChI=1S/C14H28N2O2/c1-10(8-17-5)16(4)9-14(15)11-6-7-18-12(11)13(14,2)3/h10-12H,6-9,15H2,1-5H3. The van der Waals surface area contributed by atoms with E-state index in [0.29, 0.717) is 18.1 Å². The molecule has 0 spiro atoms. The number of nitrogens with zero attached hydrogens (tertiary/aromatic N) is 1. The number of rotatable bonds is 5. The van der Waals surface area contributed by atoms with Crippen LogP contribution in [0.3, 0.4) is 0 Å². The Hall–Kier alpha value is -0.160. The highest BCUT2D eigenvalue weighted by Gasteiger charge is 2.67. The smallest absolute Gasteiger partial charge is 0.0691 e. The lowest BCUT2D eigenvalue weighted by atomic mass is 9.48. The van der Waals surface area contributed by atoms with Crippen LogP contribution < -0.4 is 5.73 Å². The Labute approximate surface area is 111 Å². The molecule has 4 unspecified atom stereocenters. The molecule has 0 aromatic carbocycles. The molecule has 2 N–H and O–H groups in total. The van der Waals surface area contributed by atoms with E-state index in [9.17, 15) is 0 Å². The Morgan fingerprint density at radius 1 is 1.50 bits per heavy atom. The molecule has 4 atom stereocenters. The van der Waals surface area contributed by atoms with Crippen molar-refractivity contribution in [2.45, 2.75) is 44.9 Å². The third-order valence-electron chi connectivity index (χ3n) is 5.34. The molecule has 0 amide bonds. The van der Waals surface area contributed by atoms with Crippen LogP contribution in [0, 0.1) is 11.3 Å². The maximum atomic E-state index is 6.74. The summed E-state index contributed by atoms with van der Waals surface area (Å²) in [4.78, 5) is 2.32. The Balaban J connectivity index is 2.03. The summed E-state index contributed by atoms with van der Waals surface area (Å²) in [6.45, 7) is 9.20. The van der Waals surface area contributed by atoms with E-state index in [1.54, 1.807) is 7.11 Å². The molecule has 4 nitrogen and oxygen atoms in total. The average Bonchev–Trinajstić information content (AvgIpc) is 2.77.